The van der Waals surface area contributed by atoms with Gasteiger partial charge in [0.15, 0.2) is 0 Å². The van der Waals surface area contributed by atoms with E-state index in [0.29, 0.717) is 25.9 Å². The summed E-state index contributed by atoms with van der Waals surface area (Å²) in [5, 5.41) is 0. The predicted molar refractivity (Wildman–Crippen MR) is 65.4 cm³/mol. The normalized spacial score (nSPS) is 25.0. The smallest absolute Gasteiger partial charge is 0.254 e. The highest BCUT2D eigenvalue weighted by atomic mass is 79.9. The second-order valence-corrected chi connectivity index (χ2v) is 5.81. The average molecular weight is 303 g/mol. The molecule has 0 unspecified atom stereocenters. The topological polar surface area (TPSA) is 16.1 Å². The zero-order valence-corrected chi connectivity index (χ0v) is 10.9. The molecular formula is C12H13BrF2N2. The zero-order valence-electron chi connectivity index (χ0n) is 9.30. The Labute approximate surface area is 107 Å². The maximum absolute atomic E-state index is 13.2. The molecule has 1 saturated carbocycles. The van der Waals surface area contributed by atoms with Crippen LogP contribution in [0.15, 0.2) is 22.8 Å². The summed E-state index contributed by atoms with van der Waals surface area (Å²) < 4.78 is 27.4. The number of alkyl halides is 2. The third-order valence-electron chi connectivity index (χ3n) is 3.97. The van der Waals surface area contributed by atoms with Crippen LogP contribution in [0.1, 0.15) is 19.3 Å². The molecule has 0 aromatic carbocycles. The van der Waals surface area contributed by atoms with Crippen LogP contribution >= 0.6 is 15.9 Å². The third kappa shape index (κ3) is 1.75. The Kier molecular flexibility index (Phi) is 2.44. The number of hydrogen-bond acceptors (Lipinski definition) is 2. The lowest BCUT2D eigenvalue weighted by Crippen LogP contribution is -2.37. The number of aromatic nitrogens is 1. The van der Waals surface area contributed by atoms with Crippen LogP contribution in [-0.2, 0) is 0 Å². The molecule has 1 aromatic rings. The van der Waals surface area contributed by atoms with E-state index < -0.39 is 11.3 Å². The fourth-order valence-corrected chi connectivity index (χ4v) is 3.19. The summed E-state index contributed by atoms with van der Waals surface area (Å²) in [6, 6.07) is 3.78. The van der Waals surface area contributed by atoms with Gasteiger partial charge in [0.2, 0.25) is 0 Å². The number of rotatable bonds is 1. The van der Waals surface area contributed by atoms with Crippen molar-refractivity contribution in [3.05, 3.63) is 22.8 Å². The lowest BCUT2D eigenvalue weighted by atomic mass is 9.93. The lowest BCUT2D eigenvalue weighted by Gasteiger charge is -2.33. The molecule has 2 fully saturated rings. The van der Waals surface area contributed by atoms with Crippen molar-refractivity contribution in [1.29, 1.82) is 0 Å². The summed E-state index contributed by atoms with van der Waals surface area (Å²) in [5.41, 5.74) is -0.690. The molecule has 0 bridgehead atoms. The fraction of sp³-hybridized carbons (Fsp3) is 0.583. The zero-order chi connectivity index (χ0) is 12.1. The van der Waals surface area contributed by atoms with E-state index in [1.165, 1.54) is 0 Å². The quantitative estimate of drug-likeness (QED) is 0.790. The number of nitrogens with zero attached hydrogens (tertiary/aromatic N) is 2. The average Bonchev–Trinajstić information content (AvgIpc) is 2.82. The van der Waals surface area contributed by atoms with Crippen molar-refractivity contribution in [3.8, 4) is 0 Å². The minimum absolute atomic E-state index is 0.0806. The van der Waals surface area contributed by atoms with Gasteiger partial charge in [0.25, 0.3) is 5.92 Å². The van der Waals surface area contributed by atoms with E-state index in [0.717, 1.165) is 10.3 Å². The maximum Gasteiger partial charge on any atom is 0.254 e. The van der Waals surface area contributed by atoms with Gasteiger partial charge in [0.05, 0.1) is 4.47 Å². The number of piperidine rings is 1. The van der Waals surface area contributed by atoms with Crippen LogP contribution in [0.3, 0.4) is 0 Å². The van der Waals surface area contributed by atoms with Crippen LogP contribution in [0.4, 0.5) is 14.6 Å². The van der Waals surface area contributed by atoms with E-state index in [1.807, 2.05) is 12.1 Å². The van der Waals surface area contributed by atoms with Crippen molar-refractivity contribution in [2.75, 3.05) is 18.0 Å². The van der Waals surface area contributed by atoms with E-state index >= 15 is 0 Å². The molecule has 1 aliphatic carbocycles. The van der Waals surface area contributed by atoms with E-state index in [-0.39, 0.29) is 6.42 Å². The third-order valence-corrected chi connectivity index (χ3v) is 4.59. The van der Waals surface area contributed by atoms with Gasteiger partial charge in [-0.25, -0.2) is 13.8 Å². The first-order valence-corrected chi connectivity index (χ1v) is 6.57. The van der Waals surface area contributed by atoms with Crippen LogP contribution < -0.4 is 4.90 Å². The molecule has 1 saturated heterocycles. The Hall–Kier alpha value is -0.710. The van der Waals surface area contributed by atoms with Crippen molar-refractivity contribution in [2.45, 2.75) is 25.2 Å². The molecule has 0 radical (unpaired) electrons. The summed E-state index contributed by atoms with van der Waals surface area (Å²) in [4.78, 5) is 6.39. The molecule has 2 heterocycles. The largest absolute Gasteiger partial charge is 0.356 e. The molecule has 17 heavy (non-hydrogen) atoms. The van der Waals surface area contributed by atoms with E-state index in [2.05, 4.69) is 25.8 Å². The summed E-state index contributed by atoms with van der Waals surface area (Å²) >= 11 is 3.45. The van der Waals surface area contributed by atoms with E-state index in [9.17, 15) is 8.78 Å². The number of anilines is 1. The molecule has 2 aliphatic rings. The second-order valence-electron chi connectivity index (χ2n) is 4.96. The molecule has 0 amide bonds. The number of pyridine rings is 1. The highest BCUT2D eigenvalue weighted by Gasteiger charge is 2.70. The van der Waals surface area contributed by atoms with Gasteiger partial charge in [0.1, 0.15) is 5.82 Å². The molecule has 1 aromatic heterocycles. The maximum atomic E-state index is 13.2. The van der Waals surface area contributed by atoms with Crippen molar-refractivity contribution in [2.24, 2.45) is 5.41 Å². The lowest BCUT2D eigenvalue weighted by molar-refractivity contribution is 0.0536. The van der Waals surface area contributed by atoms with Crippen molar-refractivity contribution >= 4 is 21.7 Å². The Balaban J connectivity index is 1.72. The molecule has 92 valence electrons. The molecule has 3 rings (SSSR count). The fourth-order valence-electron chi connectivity index (χ4n) is 2.68. The monoisotopic (exact) mass is 302 g/mol. The molecule has 5 heteroatoms. The van der Waals surface area contributed by atoms with E-state index in [4.69, 9.17) is 0 Å². The van der Waals surface area contributed by atoms with Gasteiger partial charge in [-0.05, 0) is 40.9 Å². The van der Waals surface area contributed by atoms with Crippen molar-refractivity contribution in [3.63, 3.8) is 0 Å². The van der Waals surface area contributed by atoms with Gasteiger partial charge in [-0.15, -0.1) is 0 Å². The molecule has 0 N–H and O–H groups in total. The highest BCUT2D eigenvalue weighted by Crippen LogP contribution is 2.65. The molecule has 1 spiro atoms. The first-order valence-electron chi connectivity index (χ1n) is 5.77. The standard InChI is InChI=1S/C12H13BrF2N2/c13-9-2-1-5-16-10(9)17-6-3-11(4-7-17)8-12(11,14)15/h1-2,5H,3-4,6-8H2. The molecular weight excluding hydrogens is 290 g/mol. The second kappa shape index (κ2) is 3.64. The molecule has 0 atom stereocenters. The van der Waals surface area contributed by atoms with Gasteiger partial charge in [0, 0.05) is 31.1 Å². The first-order chi connectivity index (χ1) is 8.04. The minimum atomic E-state index is -2.42. The Bertz CT molecular complexity index is 442. The highest BCUT2D eigenvalue weighted by molar-refractivity contribution is 9.10. The van der Waals surface area contributed by atoms with Crippen molar-refractivity contribution < 1.29 is 8.78 Å². The van der Waals surface area contributed by atoms with Crippen LogP contribution in [0.2, 0.25) is 0 Å². The summed E-state index contributed by atoms with van der Waals surface area (Å²) in [6.07, 6.45) is 2.96. The van der Waals surface area contributed by atoms with Gasteiger partial charge < -0.3 is 4.90 Å². The first kappa shape index (κ1) is 11.4. The van der Waals surface area contributed by atoms with Crippen molar-refractivity contribution in [1.82, 2.24) is 4.98 Å². The van der Waals surface area contributed by atoms with Gasteiger partial charge in [-0.1, -0.05) is 0 Å². The minimum Gasteiger partial charge on any atom is -0.356 e. The van der Waals surface area contributed by atoms with E-state index in [1.54, 1.807) is 6.20 Å². The number of halogens is 3. The van der Waals surface area contributed by atoms with Gasteiger partial charge >= 0.3 is 0 Å². The van der Waals surface area contributed by atoms with Crippen LogP contribution in [-0.4, -0.2) is 24.0 Å². The number of hydrogen-bond donors (Lipinski definition) is 0. The summed E-state index contributed by atoms with van der Waals surface area (Å²) in [5.74, 6) is -1.55. The van der Waals surface area contributed by atoms with Crippen LogP contribution in [0.25, 0.3) is 0 Å². The van der Waals surface area contributed by atoms with Gasteiger partial charge in [-0.3, -0.25) is 0 Å². The Morgan fingerprint density at radius 1 is 1.29 bits per heavy atom. The Morgan fingerprint density at radius 3 is 2.47 bits per heavy atom. The van der Waals surface area contributed by atoms with Crippen LogP contribution in [0, 0.1) is 5.41 Å². The predicted octanol–water partition coefficient (Wildman–Crippen LogP) is 3.47. The van der Waals surface area contributed by atoms with Crippen LogP contribution in [0.5, 0.6) is 0 Å². The van der Waals surface area contributed by atoms with Gasteiger partial charge in [-0.2, -0.15) is 0 Å². The SMILES string of the molecule is FC1(F)CC12CCN(c1ncccc1Br)CC2. The summed E-state index contributed by atoms with van der Waals surface area (Å²) in [7, 11) is 0. The summed E-state index contributed by atoms with van der Waals surface area (Å²) in [6.45, 7) is 1.34. The molecule has 2 nitrogen and oxygen atoms in total. The molecule has 1 aliphatic heterocycles. The Morgan fingerprint density at radius 2 is 1.94 bits per heavy atom.